The van der Waals surface area contributed by atoms with Crippen molar-refractivity contribution in [3.63, 3.8) is 0 Å². The maximum atomic E-state index is 11.8. The van der Waals surface area contributed by atoms with Gasteiger partial charge in [0.15, 0.2) is 5.79 Å². The van der Waals surface area contributed by atoms with E-state index in [0.29, 0.717) is 6.61 Å². The fourth-order valence-electron chi connectivity index (χ4n) is 1.33. The number of rotatable bonds is 10. The van der Waals surface area contributed by atoms with Gasteiger partial charge in [-0.3, -0.25) is 4.79 Å². The van der Waals surface area contributed by atoms with Crippen molar-refractivity contribution in [1.29, 1.82) is 0 Å². The third-order valence-electron chi connectivity index (χ3n) is 2.32. The van der Waals surface area contributed by atoms with Gasteiger partial charge in [-0.05, 0) is 40.5 Å². The highest BCUT2D eigenvalue weighted by Gasteiger charge is 2.25. The highest BCUT2D eigenvalue weighted by atomic mass is 127. The molecule has 0 aromatic rings. The van der Waals surface area contributed by atoms with Crippen LogP contribution < -0.4 is 5.32 Å². The lowest BCUT2D eigenvalue weighted by atomic mass is 9.90. The molecule has 0 saturated carbocycles. The summed E-state index contributed by atoms with van der Waals surface area (Å²) in [7, 11) is 1.55. The molecule has 0 aliphatic carbocycles. The molecular formula is C14H24INO5S. The molecule has 0 aliphatic heterocycles. The molecule has 0 bridgehead atoms. The Bertz CT molecular complexity index is 393. The van der Waals surface area contributed by atoms with Crippen LogP contribution in [-0.4, -0.2) is 41.7 Å². The quantitative estimate of drug-likeness (QED) is 0.177. The molecule has 0 aromatic heterocycles. The molecule has 2 N–H and O–H groups in total. The van der Waals surface area contributed by atoms with E-state index in [1.54, 1.807) is 8.93 Å². The zero-order valence-electron chi connectivity index (χ0n) is 13.3. The van der Waals surface area contributed by atoms with Gasteiger partial charge in [0, 0.05) is 24.4 Å². The molecule has 0 unspecified atom stereocenters. The van der Waals surface area contributed by atoms with Crippen molar-refractivity contribution in [2.24, 2.45) is 5.41 Å². The van der Waals surface area contributed by atoms with Crippen LogP contribution in [0, 0.1) is 5.41 Å². The fourth-order valence-corrected chi connectivity index (χ4v) is 2.02. The average Bonchev–Trinajstić information content (AvgIpc) is 2.35. The van der Waals surface area contributed by atoms with Gasteiger partial charge in [-0.1, -0.05) is 22.8 Å². The Labute approximate surface area is 148 Å². The van der Waals surface area contributed by atoms with Crippen LogP contribution in [0.1, 0.15) is 34.1 Å². The lowest BCUT2D eigenvalue weighted by molar-refractivity contribution is -0.192. The second-order valence-electron chi connectivity index (χ2n) is 5.96. The van der Waals surface area contributed by atoms with Crippen LogP contribution in [0.5, 0.6) is 0 Å². The molecule has 0 rings (SSSR count). The predicted octanol–water partition coefficient (Wildman–Crippen LogP) is 2.40. The number of esters is 1. The summed E-state index contributed by atoms with van der Waals surface area (Å²) in [6.07, 6.45) is 2.65. The normalized spacial score (nSPS) is 12.5. The van der Waals surface area contributed by atoms with Crippen molar-refractivity contribution in [1.82, 2.24) is 5.32 Å². The number of aliphatic hydroxyl groups is 1. The molecule has 0 atom stereocenters. The monoisotopic (exact) mass is 445 g/mol. The Kier molecular flexibility index (Phi) is 10.3. The molecule has 1 amide bonds. The van der Waals surface area contributed by atoms with Crippen LogP contribution in [0.3, 0.4) is 0 Å². The first-order valence-electron chi connectivity index (χ1n) is 6.78. The average molecular weight is 445 g/mol. The first-order valence-corrected chi connectivity index (χ1v) is 10.3. The van der Waals surface area contributed by atoms with Gasteiger partial charge < -0.3 is 19.9 Å². The molecule has 0 aliphatic rings. The summed E-state index contributed by atoms with van der Waals surface area (Å²) in [6.45, 7) is 7.37. The van der Waals surface area contributed by atoms with E-state index in [0.717, 1.165) is 5.75 Å². The van der Waals surface area contributed by atoms with E-state index in [2.05, 4.69) is 26.5 Å². The van der Waals surface area contributed by atoms with E-state index in [9.17, 15) is 14.7 Å². The molecule has 128 valence electrons. The van der Waals surface area contributed by atoms with Crippen molar-refractivity contribution in [2.75, 3.05) is 19.0 Å². The third kappa shape index (κ3) is 13.4. The Balaban J connectivity index is 4.09. The second-order valence-corrected chi connectivity index (χ2v) is 8.45. The number of amides is 1. The number of hydrogen-bond acceptors (Lipinski definition) is 6. The van der Waals surface area contributed by atoms with Gasteiger partial charge in [0.2, 0.25) is 5.91 Å². The summed E-state index contributed by atoms with van der Waals surface area (Å²) in [5, 5.41) is 12.0. The number of carbonyl (C=O) groups is 2. The molecule has 0 heterocycles. The zero-order chi connectivity index (χ0) is 17.2. The van der Waals surface area contributed by atoms with Crippen molar-refractivity contribution in [3.05, 3.63) is 12.3 Å². The minimum atomic E-state index is -1.23. The Morgan fingerprint density at radius 1 is 1.32 bits per heavy atom. The summed E-state index contributed by atoms with van der Waals surface area (Å²) < 4.78 is 10.2. The van der Waals surface area contributed by atoms with Gasteiger partial charge in [0.25, 0.3) is 0 Å². The molecule has 0 fully saturated rings. The number of hydrogen-bond donors (Lipinski definition) is 2. The second kappa shape index (κ2) is 10.5. The van der Waals surface area contributed by atoms with E-state index in [4.69, 9.17) is 9.47 Å². The van der Waals surface area contributed by atoms with E-state index < -0.39 is 17.2 Å². The lowest BCUT2D eigenvalue weighted by Crippen LogP contribution is -2.33. The zero-order valence-corrected chi connectivity index (χ0v) is 16.3. The third-order valence-corrected chi connectivity index (χ3v) is 3.97. The molecule has 22 heavy (non-hydrogen) atoms. The Hall–Kier alpha value is -0.320. The molecule has 0 spiro atoms. The van der Waals surface area contributed by atoms with Crippen molar-refractivity contribution < 1.29 is 24.2 Å². The lowest BCUT2D eigenvalue weighted by Gasteiger charge is -2.28. The molecule has 0 saturated heterocycles. The number of halogens is 1. The Morgan fingerprint density at radius 3 is 2.50 bits per heavy atom. The van der Waals surface area contributed by atoms with Gasteiger partial charge in [0.05, 0.1) is 6.61 Å². The van der Waals surface area contributed by atoms with E-state index in [1.165, 1.54) is 26.1 Å². The minimum Gasteiger partial charge on any atom is -0.462 e. The van der Waals surface area contributed by atoms with Gasteiger partial charge >= 0.3 is 5.97 Å². The van der Waals surface area contributed by atoms with Gasteiger partial charge in [-0.15, -0.1) is 0 Å². The SMILES string of the molecule is CC(C)(COC(C)(C)O)CC(=O)N/C=C\C(=O)OCCSI. The Morgan fingerprint density at radius 2 is 1.95 bits per heavy atom. The van der Waals surface area contributed by atoms with Gasteiger partial charge in [-0.25, -0.2) is 4.79 Å². The predicted molar refractivity (Wildman–Crippen MR) is 95.4 cm³/mol. The molecule has 0 radical (unpaired) electrons. The summed E-state index contributed by atoms with van der Waals surface area (Å²) in [4.78, 5) is 23.1. The van der Waals surface area contributed by atoms with Crippen molar-refractivity contribution >= 4 is 42.0 Å². The highest BCUT2D eigenvalue weighted by molar-refractivity contribution is 14.2. The molecular weight excluding hydrogens is 421 g/mol. The summed E-state index contributed by atoms with van der Waals surface area (Å²) >= 11 is 2.12. The van der Waals surface area contributed by atoms with Gasteiger partial charge in [-0.2, -0.15) is 0 Å². The molecule has 6 nitrogen and oxygen atoms in total. The van der Waals surface area contributed by atoms with Crippen LogP contribution in [0.25, 0.3) is 0 Å². The van der Waals surface area contributed by atoms with Crippen molar-refractivity contribution in [2.45, 2.75) is 39.9 Å². The number of carbonyl (C=O) groups excluding carboxylic acids is 2. The minimum absolute atomic E-state index is 0.202. The number of nitrogens with one attached hydrogen (secondary N) is 1. The molecule has 0 aromatic carbocycles. The van der Waals surface area contributed by atoms with Crippen LogP contribution >= 0.6 is 30.1 Å². The summed E-state index contributed by atoms with van der Waals surface area (Å²) in [5.74, 6) is -1.23. The number of ether oxygens (including phenoxy) is 2. The van der Waals surface area contributed by atoms with Crippen LogP contribution in [-0.2, 0) is 19.1 Å². The largest absolute Gasteiger partial charge is 0.462 e. The smallest absolute Gasteiger partial charge is 0.332 e. The van der Waals surface area contributed by atoms with Crippen LogP contribution in [0.15, 0.2) is 12.3 Å². The van der Waals surface area contributed by atoms with Crippen molar-refractivity contribution in [3.8, 4) is 0 Å². The van der Waals surface area contributed by atoms with E-state index >= 15 is 0 Å². The molecule has 8 heteroatoms. The van der Waals surface area contributed by atoms with E-state index in [1.807, 2.05) is 13.8 Å². The summed E-state index contributed by atoms with van der Waals surface area (Å²) in [6, 6.07) is 0. The highest BCUT2D eigenvalue weighted by Crippen LogP contribution is 2.22. The van der Waals surface area contributed by atoms with E-state index in [-0.39, 0.29) is 18.9 Å². The van der Waals surface area contributed by atoms with Crippen LogP contribution in [0.2, 0.25) is 0 Å². The first-order chi connectivity index (χ1) is 10.1. The maximum absolute atomic E-state index is 11.8. The summed E-state index contributed by atoms with van der Waals surface area (Å²) in [5.41, 5.74) is -0.435. The first kappa shape index (κ1) is 21.7. The van der Waals surface area contributed by atoms with Gasteiger partial charge in [0.1, 0.15) is 6.61 Å². The maximum Gasteiger partial charge on any atom is 0.332 e. The topological polar surface area (TPSA) is 84.9 Å². The fraction of sp³-hybridized carbons (Fsp3) is 0.714. The van der Waals surface area contributed by atoms with Crippen LogP contribution in [0.4, 0.5) is 0 Å². The standard InChI is InChI=1S/C14H24INO5S/c1-13(2,10-21-14(3,4)19)9-11(17)16-6-5-12(18)20-7-8-22-15/h5-6,19H,7-10H2,1-4H3,(H,16,17)/b6-5-.